The Morgan fingerprint density at radius 1 is 1.38 bits per heavy atom. The molecular weight excluding hydrogens is 272 g/mol. The molecule has 0 spiro atoms. The van der Waals surface area contributed by atoms with E-state index < -0.39 is 5.54 Å². The van der Waals surface area contributed by atoms with E-state index in [2.05, 4.69) is 20.8 Å². The molecule has 0 aromatic carbocycles. The largest absolute Gasteiger partial charge is 0.394 e. The first-order valence-corrected chi connectivity index (χ1v) is 7.49. The second-order valence-corrected chi connectivity index (χ2v) is 6.11. The van der Waals surface area contributed by atoms with Crippen molar-refractivity contribution in [3.63, 3.8) is 0 Å². The highest BCUT2D eigenvalue weighted by Crippen LogP contribution is 2.29. The van der Waals surface area contributed by atoms with Crippen LogP contribution in [0, 0.1) is 0 Å². The first-order valence-electron chi connectivity index (χ1n) is 7.49. The van der Waals surface area contributed by atoms with Crippen LogP contribution in [0.15, 0.2) is 4.52 Å². The van der Waals surface area contributed by atoms with Crippen LogP contribution in [0.1, 0.15) is 70.1 Å². The number of hydrogen-bond donors (Lipinski definition) is 3. The number of carbonyl (C=O) groups is 1. The van der Waals surface area contributed by atoms with E-state index in [1.807, 2.05) is 13.8 Å². The summed E-state index contributed by atoms with van der Waals surface area (Å²) in [5.74, 6) is 1.19. The minimum absolute atomic E-state index is 0.0349. The Balaban J connectivity index is 1.92. The van der Waals surface area contributed by atoms with Gasteiger partial charge in [0.2, 0.25) is 5.89 Å². The Morgan fingerprint density at radius 3 is 2.57 bits per heavy atom. The van der Waals surface area contributed by atoms with Gasteiger partial charge < -0.3 is 20.3 Å². The summed E-state index contributed by atoms with van der Waals surface area (Å²) in [5.41, 5.74) is -0.484. The fourth-order valence-electron chi connectivity index (χ4n) is 2.57. The molecule has 0 bridgehead atoms. The molecule has 1 fully saturated rings. The monoisotopic (exact) mass is 296 g/mol. The first-order chi connectivity index (χ1) is 9.96. The van der Waals surface area contributed by atoms with E-state index in [9.17, 15) is 9.90 Å². The van der Waals surface area contributed by atoms with Crippen molar-refractivity contribution in [3.8, 4) is 0 Å². The van der Waals surface area contributed by atoms with Crippen LogP contribution in [0.4, 0.5) is 4.79 Å². The van der Waals surface area contributed by atoms with E-state index in [1.54, 1.807) is 6.92 Å². The number of urea groups is 1. The number of nitrogens with zero attached hydrogens (tertiary/aromatic N) is 2. The minimum Gasteiger partial charge on any atom is -0.394 e. The predicted molar refractivity (Wildman–Crippen MR) is 76.8 cm³/mol. The summed E-state index contributed by atoms with van der Waals surface area (Å²) in [6.07, 6.45) is 3.67. The van der Waals surface area contributed by atoms with Crippen LogP contribution < -0.4 is 10.6 Å². The number of carbonyl (C=O) groups excluding carboxylic acids is 1. The van der Waals surface area contributed by atoms with Gasteiger partial charge in [-0.2, -0.15) is 4.98 Å². The average molecular weight is 296 g/mol. The Bertz CT molecular complexity index is 480. The molecule has 1 aliphatic carbocycles. The number of rotatable bonds is 5. The second kappa shape index (κ2) is 6.43. The zero-order valence-electron chi connectivity index (χ0n) is 12.8. The van der Waals surface area contributed by atoms with Gasteiger partial charge in [0.05, 0.1) is 12.1 Å². The smallest absolute Gasteiger partial charge is 0.315 e. The molecule has 1 aromatic rings. The molecule has 1 aliphatic rings. The van der Waals surface area contributed by atoms with Crippen molar-refractivity contribution in [2.24, 2.45) is 0 Å². The Labute approximate surface area is 124 Å². The molecule has 0 radical (unpaired) electrons. The van der Waals surface area contributed by atoms with Crippen LogP contribution in [0.2, 0.25) is 0 Å². The lowest BCUT2D eigenvalue weighted by molar-refractivity contribution is 0.161. The van der Waals surface area contributed by atoms with Crippen molar-refractivity contribution in [1.82, 2.24) is 20.8 Å². The SMILES string of the molecule is CC(C)c1noc([C@H](C)NC(=O)NC2(CO)CCCC2)n1. The second-order valence-electron chi connectivity index (χ2n) is 6.11. The third-order valence-corrected chi connectivity index (χ3v) is 3.93. The molecule has 0 unspecified atom stereocenters. The molecule has 7 heteroatoms. The van der Waals surface area contributed by atoms with Crippen molar-refractivity contribution in [2.75, 3.05) is 6.61 Å². The molecule has 2 rings (SSSR count). The molecule has 1 atom stereocenters. The highest BCUT2D eigenvalue weighted by Gasteiger charge is 2.35. The number of aliphatic hydroxyl groups excluding tert-OH is 1. The Kier molecular flexibility index (Phi) is 4.82. The molecule has 118 valence electrons. The van der Waals surface area contributed by atoms with Gasteiger partial charge in [-0.3, -0.25) is 0 Å². The van der Waals surface area contributed by atoms with Crippen molar-refractivity contribution >= 4 is 6.03 Å². The predicted octanol–water partition coefficient (Wildman–Crippen LogP) is 1.86. The zero-order chi connectivity index (χ0) is 15.5. The molecule has 3 N–H and O–H groups in total. The molecule has 2 amide bonds. The summed E-state index contributed by atoms with van der Waals surface area (Å²) in [4.78, 5) is 16.3. The zero-order valence-corrected chi connectivity index (χ0v) is 12.8. The number of nitrogens with one attached hydrogen (secondary N) is 2. The molecule has 0 aliphatic heterocycles. The maximum Gasteiger partial charge on any atom is 0.315 e. The summed E-state index contributed by atoms with van der Waals surface area (Å²) >= 11 is 0. The van der Waals surface area contributed by atoms with Gasteiger partial charge in [-0.05, 0) is 19.8 Å². The van der Waals surface area contributed by atoms with Crippen LogP contribution in [-0.4, -0.2) is 33.4 Å². The lowest BCUT2D eigenvalue weighted by Gasteiger charge is -2.28. The maximum absolute atomic E-state index is 12.1. The Morgan fingerprint density at radius 2 is 2.05 bits per heavy atom. The highest BCUT2D eigenvalue weighted by molar-refractivity contribution is 5.75. The molecular formula is C14H24N4O3. The van der Waals surface area contributed by atoms with Crippen LogP contribution in [-0.2, 0) is 0 Å². The minimum atomic E-state index is -0.484. The summed E-state index contributed by atoms with van der Waals surface area (Å²) in [6, 6.07) is -0.690. The molecule has 21 heavy (non-hydrogen) atoms. The summed E-state index contributed by atoms with van der Waals surface area (Å²) in [5, 5.41) is 19.0. The van der Waals surface area contributed by atoms with Crippen molar-refractivity contribution in [2.45, 2.75) is 64.0 Å². The molecule has 0 saturated heterocycles. The van der Waals surface area contributed by atoms with E-state index in [0.29, 0.717) is 11.7 Å². The maximum atomic E-state index is 12.1. The first kappa shape index (κ1) is 15.8. The van der Waals surface area contributed by atoms with E-state index in [0.717, 1.165) is 25.7 Å². The molecule has 1 saturated carbocycles. The van der Waals surface area contributed by atoms with E-state index in [4.69, 9.17) is 4.52 Å². The van der Waals surface area contributed by atoms with Gasteiger partial charge in [0.1, 0.15) is 6.04 Å². The van der Waals surface area contributed by atoms with Gasteiger partial charge >= 0.3 is 6.03 Å². The molecule has 1 heterocycles. The van der Waals surface area contributed by atoms with Crippen molar-refractivity contribution in [1.29, 1.82) is 0 Å². The fourth-order valence-corrected chi connectivity index (χ4v) is 2.57. The van der Waals surface area contributed by atoms with Gasteiger partial charge in [-0.15, -0.1) is 0 Å². The summed E-state index contributed by atoms with van der Waals surface area (Å²) in [7, 11) is 0. The van der Waals surface area contributed by atoms with Crippen molar-refractivity contribution < 1.29 is 14.4 Å². The standard InChI is InChI=1S/C14H24N4O3/c1-9(2)11-16-12(21-18-11)10(3)15-13(20)17-14(8-19)6-4-5-7-14/h9-10,19H,4-8H2,1-3H3,(H2,15,17,20)/t10-/m0/s1. The number of hydrogen-bond acceptors (Lipinski definition) is 5. The van der Waals surface area contributed by atoms with Gasteiger partial charge in [0, 0.05) is 5.92 Å². The number of aliphatic hydroxyl groups is 1. The fraction of sp³-hybridized carbons (Fsp3) is 0.786. The summed E-state index contributed by atoms with van der Waals surface area (Å²) < 4.78 is 5.16. The van der Waals surface area contributed by atoms with Gasteiger partial charge in [0.25, 0.3) is 0 Å². The highest BCUT2D eigenvalue weighted by atomic mass is 16.5. The van der Waals surface area contributed by atoms with Crippen molar-refractivity contribution in [3.05, 3.63) is 11.7 Å². The van der Waals surface area contributed by atoms with Gasteiger partial charge in [-0.1, -0.05) is 31.8 Å². The average Bonchev–Trinajstić information content (AvgIpc) is 3.07. The lowest BCUT2D eigenvalue weighted by Crippen LogP contribution is -2.53. The number of amides is 2. The summed E-state index contributed by atoms with van der Waals surface area (Å²) in [6.45, 7) is 5.71. The molecule has 7 nitrogen and oxygen atoms in total. The Hall–Kier alpha value is -1.63. The topological polar surface area (TPSA) is 100 Å². The van der Waals surface area contributed by atoms with Crippen LogP contribution in [0.25, 0.3) is 0 Å². The molecule has 1 aromatic heterocycles. The van der Waals surface area contributed by atoms with Crippen LogP contribution in [0.3, 0.4) is 0 Å². The lowest BCUT2D eigenvalue weighted by atomic mass is 9.99. The number of aromatic nitrogens is 2. The van der Waals surface area contributed by atoms with Gasteiger partial charge in [-0.25, -0.2) is 4.79 Å². The van der Waals surface area contributed by atoms with Crippen LogP contribution in [0.5, 0.6) is 0 Å². The van der Waals surface area contributed by atoms with E-state index in [1.165, 1.54) is 0 Å². The van der Waals surface area contributed by atoms with E-state index >= 15 is 0 Å². The third kappa shape index (κ3) is 3.72. The normalized spacial score (nSPS) is 18.7. The third-order valence-electron chi connectivity index (χ3n) is 3.93. The van der Waals surface area contributed by atoms with E-state index in [-0.39, 0.29) is 24.6 Å². The van der Waals surface area contributed by atoms with Gasteiger partial charge in [0.15, 0.2) is 5.82 Å². The van der Waals surface area contributed by atoms with Crippen LogP contribution >= 0.6 is 0 Å². The quantitative estimate of drug-likeness (QED) is 0.770.